The van der Waals surface area contributed by atoms with Crippen LogP contribution in [0.4, 0.5) is 5.95 Å². The van der Waals surface area contributed by atoms with E-state index in [0.29, 0.717) is 23.9 Å². The summed E-state index contributed by atoms with van der Waals surface area (Å²) < 4.78 is 10.6. The molecule has 0 bridgehead atoms. The quantitative estimate of drug-likeness (QED) is 0.846. The van der Waals surface area contributed by atoms with Crippen molar-refractivity contribution in [3.63, 3.8) is 0 Å². The Hall–Kier alpha value is -2.83. The molecular weight excluding hydrogens is 308 g/mol. The van der Waals surface area contributed by atoms with Crippen LogP contribution >= 0.6 is 0 Å². The van der Waals surface area contributed by atoms with Gasteiger partial charge in [0.25, 0.3) is 5.91 Å². The highest BCUT2D eigenvalue weighted by atomic mass is 16.7. The number of fused-ring (bicyclic) bond motifs is 1. The number of amides is 1. The molecule has 2 N–H and O–H groups in total. The molecule has 0 fully saturated rings. The highest BCUT2D eigenvalue weighted by Gasteiger charge is 2.14. The second kappa shape index (κ2) is 7.16. The van der Waals surface area contributed by atoms with Crippen LogP contribution in [0.15, 0.2) is 24.3 Å². The summed E-state index contributed by atoms with van der Waals surface area (Å²) in [5.74, 6) is 1.66. The summed E-state index contributed by atoms with van der Waals surface area (Å²) in [5, 5.41) is 5.96. The van der Waals surface area contributed by atoms with Crippen molar-refractivity contribution in [3.05, 3.63) is 41.2 Å². The van der Waals surface area contributed by atoms with Gasteiger partial charge < -0.3 is 20.1 Å². The maximum atomic E-state index is 12.3. The van der Waals surface area contributed by atoms with Crippen LogP contribution in [-0.2, 0) is 6.54 Å². The van der Waals surface area contributed by atoms with E-state index in [1.807, 2.05) is 25.1 Å². The number of benzene rings is 1. The molecule has 1 aromatic heterocycles. The van der Waals surface area contributed by atoms with Crippen LogP contribution < -0.4 is 20.1 Å². The molecule has 126 valence electrons. The highest BCUT2D eigenvalue weighted by molar-refractivity contribution is 5.92. The summed E-state index contributed by atoms with van der Waals surface area (Å²) in [6, 6.07) is 7.27. The molecule has 0 radical (unpaired) electrons. The predicted octanol–water partition coefficient (Wildman–Crippen LogP) is 2.27. The predicted molar refractivity (Wildman–Crippen MR) is 89.3 cm³/mol. The summed E-state index contributed by atoms with van der Waals surface area (Å²) in [5.41, 5.74) is 2.03. The fourth-order valence-electron chi connectivity index (χ4n) is 2.32. The topological polar surface area (TPSA) is 85.4 Å². The van der Waals surface area contributed by atoms with Gasteiger partial charge in [0.1, 0.15) is 5.69 Å². The van der Waals surface area contributed by atoms with Crippen LogP contribution in [0.5, 0.6) is 11.5 Å². The van der Waals surface area contributed by atoms with Crippen LogP contribution in [0.3, 0.4) is 0 Å². The summed E-state index contributed by atoms with van der Waals surface area (Å²) in [4.78, 5) is 20.9. The number of carbonyl (C=O) groups excluding carboxylic acids is 1. The second-order valence-electron chi connectivity index (χ2n) is 5.52. The maximum Gasteiger partial charge on any atom is 0.270 e. The fourth-order valence-corrected chi connectivity index (χ4v) is 2.32. The minimum Gasteiger partial charge on any atom is -0.454 e. The lowest BCUT2D eigenvalue weighted by atomic mass is 10.2. The lowest BCUT2D eigenvalue weighted by Crippen LogP contribution is -2.24. The molecule has 0 spiro atoms. The Morgan fingerprint density at radius 2 is 2.04 bits per heavy atom. The van der Waals surface area contributed by atoms with Crippen molar-refractivity contribution >= 4 is 11.9 Å². The monoisotopic (exact) mass is 328 g/mol. The Morgan fingerprint density at radius 1 is 1.21 bits per heavy atom. The van der Waals surface area contributed by atoms with Crippen molar-refractivity contribution < 1.29 is 14.3 Å². The number of hydrogen-bond donors (Lipinski definition) is 2. The van der Waals surface area contributed by atoms with Gasteiger partial charge in [0, 0.05) is 18.8 Å². The Labute approximate surface area is 140 Å². The Balaban J connectivity index is 1.65. The third-order valence-corrected chi connectivity index (χ3v) is 3.51. The van der Waals surface area contributed by atoms with Gasteiger partial charge in [0.15, 0.2) is 11.5 Å². The molecule has 0 atom stereocenters. The zero-order valence-corrected chi connectivity index (χ0v) is 13.8. The van der Waals surface area contributed by atoms with E-state index in [-0.39, 0.29) is 12.7 Å². The van der Waals surface area contributed by atoms with E-state index < -0.39 is 0 Å². The molecule has 0 saturated carbocycles. The van der Waals surface area contributed by atoms with Crippen molar-refractivity contribution in [2.45, 2.75) is 26.8 Å². The average Bonchev–Trinajstić information content (AvgIpc) is 3.05. The first-order valence-corrected chi connectivity index (χ1v) is 7.92. The van der Waals surface area contributed by atoms with Gasteiger partial charge in [-0.1, -0.05) is 13.0 Å². The molecule has 0 saturated heterocycles. The number of rotatable bonds is 6. The normalized spacial score (nSPS) is 12.1. The molecule has 1 aromatic carbocycles. The smallest absolute Gasteiger partial charge is 0.270 e. The van der Waals surface area contributed by atoms with Gasteiger partial charge in [-0.3, -0.25) is 4.79 Å². The molecule has 0 aliphatic carbocycles. The van der Waals surface area contributed by atoms with Crippen LogP contribution in [0.2, 0.25) is 0 Å². The number of aromatic nitrogens is 2. The van der Waals surface area contributed by atoms with Crippen molar-refractivity contribution in [2.24, 2.45) is 0 Å². The molecule has 3 rings (SSSR count). The van der Waals surface area contributed by atoms with Gasteiger partial charge in [0.05, 0.1) is 0 Å². The van der Waals surface area contributed by atoms with E-state index in [9.17, 15) is 4.79 Å². The number of ether oxygens (including phenoxy) is 2. The molecule has 2 heterocycles. The molecule has 1 aliphatic rings. The van der Waals surface area contributed by atoms with Gasteiger partial charge >= 0.3 is 0 Å². The molecule has 7 nitrogen and oxygen atoms in total. The minimum absolute atomic E-state index is 0.235. The van der Waals surface area contributed by atoms with Crippen LogP contribution in [-0.4, -0.2) is 29.2 Å². The molecular formula is C17H20N4O3. The van der Waals surface area contributed by atoms with Crippen LogP contribution in [0.1, 0.15) is 35.1 Å². The zero-order valence-electron chi connectivity index (χ0n) is 13.8. The minimum atomic E-state index is -0.238. The molecule has 7 heteroatoms. The number of hydrogen-bond acceptors (Lipinski definition) is 6. The van der Waals surface area contributed by atoms with E-state index >= 15 is 0 Å². The van der Waals surface area contributed by atoms with Crippen LogP contribution in [0.25, 0.3) is 0 Å². The fraction of sp³-hybridized carbons (Fsp3) is 0.353. The summed E-state index contributed by atoms with van der Waals surface area (Å²) in [6.07, 6.45) is 0.961. The summed E-state index contributed by atoms with van der Waals surface area (Å²) >= 11 is 0. The first-order valence-electron chi connectivity index (χ1n) is 7.92. The Bertz CT molecular complexity index is 749. The van der Waals surface area contributed by atoms with Gasteiger partial charge in [-0.15, -0.1) is 0 Å². The van der Waals surface area contributed by atoms with E-state index in [1.54, 1.807) is 6.07 Å². The van der Waals surface area contributed by atoms with Gasteiger partial charge in [-0.05, 0) is 37.1 Å². The standard InChI is InChI=1S/C17H20N4O3/c1-3-6-18-17-20-11(2)7-13(21-17)16(22)19-9-12-4-5-14-15(8-12)24-10-23-14/h4-5,7-8H,3,6,9-10H2,1-2H3,(H,19,22)(H,18,20,21). The third-order valence-electron chi connectivity index (χ3n) is 3.51. The molecule has 1 amide bonds. The average molecular weight is 328 g/mol. The number of nitrogens with zero attached hydrogens (tertiary/aromatic N) is 2. The zero-order chi connectivity index (χ0) is 16.9. The van der Waals surface area contributed by atoms with Gasteiger partial charge in [0.2, 0.25) is 12.7 Å². The van der Waals surface area contributed by atoms with Gasteiger partial charge in [-0.25, -0.2) is 9.97 Å². The second-order valence-corrected chi connectivity index (χ2v) is 5.52. The Kier molecular flexibility index (Phi) is 4.79. The maximum absolute atomic E-state index is 12.3. The van der Waals surface area contributed by atoms with Crippen molar-refractivity contribution in [2.75, 3.05) is 18.7 Å². The van der Waals surface area contributed by atoms with E-state index in [4.69, 9.17) is 9.47 Å². The first kappa shape index (κ1) is 16.0. The van der Waals surface area contributed by atoms with Gasteiger partial charge in [-0.2, -0.15) is 0 Å². The SMILES string of the molecule is CCCNc1nc(C)cc(C(=O)NCc2ccc3c(c2)OCO3)n1. The number of anilines is 1. The largest absolute Gasteiger partial charge is 0.454 e. The third kappa shape index (κ3) is 3.73. The number of nitrogens with one attached hydrogen (secondary N) is 2. The highest BCUT2D eigenvalue weighted by Crippen LogP contribution is 2.32. The number of aryl methyl sites for hydroxylation is 1. The van der Waals surface area contributed by atoms with E-state index in [2.05, 4.69) is 27.5 Å². The van der Waals surface area contributed by atoms with E-state index in [0.717, 1.165) is 30.0 Å². The number of carbonyl (C=O) groups is 1. The van der Waals surface area contributed by atoms with Crippen LogP contribution in [0, 0.1) is 6.92 Å². The summed E-state index contributed by atoms with van der Waals surface area (Å²) in [6.45, 7) is 5.28. The summed E-state index contributed by atoms with van der Waals surface area (Å²) in [7, 11) is 0. The molecule has 0 unspecified atom stereocenters. The lowest BCUT2D eigenvalue weighted by molar-refractivity contribution is 0.0945. The molecule has 1 aliphatic heterocycles. The first-order chi connectivity index (χ1) is 11.7. The molecule has 24 heavy (non-hydrogen) atoms. The van der Waals surface area contributed by atoms with Crippen molar-refractivity contribution in [3.8, 4) is 11.5 Å². The molecule has 2 aromatic rings. The Morgan fingerprint density at radius 3 is 2.88 bits per heavy atom. The lowest BCUT2D eigenvalue weighted by Gasteiger charge is -2.09. The van der Waals surface area contributed by atoms with E-state index in [1.165, 1.54) is 0 Å². The van der Waals surface area contributed by atoms with Crippen molar-refractivity contribution in [1.82, 2.24) is 15.3 Å². The van der Waals surface area contributed by atoms with Crippen molar-refractivity contribution in [1.29, 1.82) is 0 Å².